The first kappa shape index (κ1) is 17.6. The van der Waals surface area contributed by atoms with Crippen molar-refractivity contribution in [1.29, 1.82) is 5.26 Å². The molecule has 0 aliphatic carbocycles. The van der Waals surface area contributed by atoms with E-state index >= 15 is 0 Å². The molecule has 0 saturated heterocycles. The van der Waals surface area contributed by atoms with Crippen molar-refractivity contribution in [2.24, 2.45) is 0 Å². The van der Waals surface area contributed by atoms with E-state index in [0.717, 1.165) is 0 Å². The third-order valence-corrected chi connectivity index (χ3v) is 3.83. The van der Waals surface area contributed by atoms with E-state index in [1.165, 1.54) is 6.08 Å². The van der Waals surface area contributed by atoms with Crippen LogP contribution in [0.25, 0.3) is 6.08 Å². The van der Waals surface area contributed by atoms with Crippen LogP contribution in [0.1, 0.15) is 12.5 Å². The van der Waals surface area contributed by atoms with Gasteiger partial charge in [-0.1, -0.05) is 11.6 Å². The summed E-state index contributed by atoms with van der Waals surface area (Å²) in [6, 6.07) is 12.1. The molecule has 0 atom stereocenters. The monoisotopic (exact) mass is 370 g/mol. The number of benzene rings is 2. The van der Waals surface area contributed by atoms with Gasteiger partial charge in [-0.25, -0.2) is 0 Å². The molecule has 2 aromatic rings. The van der Waals surface area contributed by atoms with Crippen molar-refractivity contribution >= 4 is 29.3 Å². The molecule has 0 unspecified atom stereocenters. The summed E-state index contributed by atoms with van der Waals surface area (Å²) in [6.45, 7) is 2.54. The average molecular weight is 371 g/mol. The van der Waals surface area contributed by atoms with E-state index in [9.17, 15) is 10.1 Å². The number of halogens is 1. The van der Waals surface area contributed by atoms with E-state index in [4.69, 9.17) is 25.8 Å². The van der Waals surface area contributed by atoms with Gasteiger partial charge in [-0.3, -0.25) is 4.79 Å². The topological polar surface area (TPSA) is 80.6 Å². The van der Waals surface area contributed by atoms with Gasteiger partial charge in [0.2, 0.25) is 6.79 Å². The molecular formula is C19H15ClN2O4. The zero-order valence-electron chi connectivity index (χ0n) is 13.9. The fraction of sp³-hybridized carbons (Fsp3) is 0.158. The molecule has 26 heavy (non-hydrogen) atoms. The fourth-order valence-electron chi connectivity index (χ4n) is 2.39. The molecule has 7 heteroatoms. The molecule has 1 aliphatic rings. The van der Waals surface area contributed by atoms with Crippen molar-refractivity contribution in [1.82, 2.24) is 0 Å². The van der Waals surface area contributed by atoms with E-state index in [1.807, 2.05) is 13.0 Å². The first-order valence-electron chi connectivity index (χ1n) is 7.86. The van der Waals surface area contributed by atoms with E-state index < -0.39 is 5.91 Å². The van der Waals surface area contributed by atoms with E-state index in [0.29, 0.717) is 40.1 Å². The number of amides is 1. The molecule has 1 aliphatic heterocycles. The van der Waals surface area contributed by atoms with Gasteiger partial charge in [0.25, 0.3) is 5.91 Å². The van der Waals surface area contributed by atoms with Crippen LogP contribution < -0.4 is 19.5 Å². The third kappa shape index (κ3) is 3.90. The number of hydrogen-bond acceptors (Lipinski definition) is 5. The second-order valence-electron chi connectivity index (χ2n) is 5.32. The molecule has 0 fully saturated rings. The molecule has 0 aromatic heterocycles. The Morgan fingerprint density at radius 2 is 2.12 bits per heavy atom. The third-order valence-electron chi connectivity index (χ3n) is 3.55. The Kier molecular flexibility index (Phi) is 5.30. The highest BCUT2D eigenvalue weighted by atomic mass is 35.5. The summed E-state index contributed by atoms with van der Waals surface area (Å²) in [6.07, 6.45) is 1.44. The molecule has 0 radical (unpaired) electrons. The van der Waals surface area contributed by atoms with Gasteiger partial charge in [0.05, 0.1) is 11.6 Å². The molecule has 1 amide bonds. The summed E-state index contributed by atoms with van der Waals surface area (Å²) >= 11 is 6.12. The molecule has 6 nitrogen and oxygen atoms in total. The maximum Gasteiger partial charge on any atom is 0.266 e. The lowest BCUT2D eigenvalue weighted by molar-refractivity contribution is -0.112. The first-order chi connectivity index (χ1) is 12.6. The van der Waals surface area contributed by atoms with Gasteiger partial charge < -0.3 is 19.5 Å². The summed E-state index contributed by atoms with van der Waals surface area (Å²) < 4.78 is 15.9. The summed E-state index contributed by atoms with van der Waals surface area (Å²) in [5.74, 6) is 1.12. The lowest BCUT2D eigenvalue weighted by Crippen LogP contribution is -2.13. The predicted molar refractivity (Wildman–Crippen MR) is 97.4 cm³/mol. The molecule has 132 valence electrons. The average Bonchev–Trinajstić information content (AvgIpc) is 3.10. The van der Waals surface area contributed by atoms with Crippen molar-refractivity contribution in [2.75, 3.05) is 18.7 Å². The quantitative estimate of drug-likeness (QED) is 0.635. The van der Waals surface area contributed by atoms with Gasteiger partial charge in [0.15, 0.2) is 11.5 Å². The van der Waals surface area contributed by atoms with Crippen LogP contribution in [0.5, 0.6) is 17.2 Å². The van der Waals surface area contributed by atoms with E-state index in [1.54, 1.807) is 36.4 Å². The van der Waals surface area contributed by atoms with Gasteiger partial charge in [0, 0.05) is 5.69 Å². The van der Waals surface area contributed by atoms with Crippen LogP contribution in [0.2, 0.25) is 5.02 Å². The summed E-state index contributed by atoms with van der Waals surface area (Å²) in [5.41, 5.74) is 1.06. The van der Waals surface area contributed by atoms with Crippen molar-refractivity contribution in [2.45, 2.75) is 6.92 Å². The SMILES string of the molecule is CCOc1ccc(NC(=O)/C(C#N)=C/c2cc(Cl)c3c(c2)OCO3)cc1. The second-order valence-corrected chi connectivity index (χ2v) is 5.73. The zero-order valence-corrected chi connectivity index (χ0v) is 14.7. The minimum absolute atomic E-state index is 0.0613. The summed E-state index contributed by atoms with van der Waals surface area (Å²) in [4.78, 5) is 12.4. The molecule has 1 heterocycles. The second kappa shape index (κ2) is 7.81. The Morgan fingerprint density at radius 1 is 1.35 bits per heavy atom. The molecule has 3 rings (SSSR count). The molecule has 0 spiro atoms. The minimum Gasteiger partial charge on any atom is -0.494 e. The van der Waals surface area contributed by atoms with Crippen molar-refractivity contribution in [3.8, 4) is 23.3 Å². The molecule has 0 bridgehead atoms. The van der Waals surface area contributed by atoms with Crippen LogP contribution in [0.4, 0.5) is 5.69 Å². The van der Waals surface area contributed by atoms with Crippen LogP contribution >= 0.6 is 11.6 Å². The maximum absolute atomic E-state index is 12.4. The Bertz CT molecular complexity index is 901. The fourth-order valence-corrected chi connectivity index (χ4v) is 2.66. The number of rotatable bonds is 5. The van der Waals surface area contributed by atoms with Crippen LogP contribution in [-0.2, 0) is 4.79 Å². The van der Waals surface area contributed by atoms with Gasteiger partial charge in [-0.15, -0.1) is 0 Å². The van der Waals surface area contributed by atoms with Gasteiger partial charge in [-0.05, 0) is 55.0 Å². The highest BCUT2D eigenvalue weighted by molar-refractivity contribution is 6.32. The van der Waals surface area contributed by atoms with E-state index in [-0.39, 0.29) is 12.4 Å². The van der Waals surface area contributed by atoms with Crippen molar-refractivity contribution in [3.05, 3.63) is 52.6 Å². The number of anilines is 1. The normalized spacial score (nSPS) is 12.4. The highest BCUT2D eigenvalue weighted by Gasteiger charge is 2.18. The molecular weight excluding hydrogens is 356 g/mol. The predicted octanol–water partition coefficient (Wildman–Crippen LogP) is 4.01. The van der Waals surface area contributed by atoms with Crippen LogP contribution in [0.3, 0.4) is 0 Å². The smallest absolute Gasteiger partial charge is 0.266 e. The van der Waals surface area contributed by atoms with E-state index in [2.05, 4.69) is 5.32 Å². The largest absolute Gasteiger partial charge is 0.494 e. The minimum atomic E-state index is -0.523. The van der Waals surface area contributed by atoms with Crippen molar-refractivity contribution in [3.63, 3.8) is 0 Å². The molecule has 2 aromatic carbocycles. The molecule has 1 N–H and O–H groups in total. The molecule has 0 saturated carbocycles. The van der Waals surface area contributed by atoms with Crippen LogP contribution in [0.15, 0.2) is 42.0 Å². The number of hydrogen-bond donors (Lipinski definition) is 1. The number of nitrogens with one attached hydrogen (secondary N) is 1. The Morgan fingerprint density at radius 3 is 2.81 bits per heavy atom. The summed E-state index contributed by atoms with van der Waals surface area (Å²) in [5, 5.41) is 12.4. The number of carbonyl (C=O) groups excluding carboxylic acids is 1. The first-order valence-corrected chi connectivity index (χ1v) is 8.23. The Balaban J connectivity index is 1.78. The number of carbonyl (C=O) groups is 1. The van der Waals surface area contributed by atoms with Gasteiger partial charge >= 0.3 is 0 Å². The zero-order chi connectivity index (χ0) is 18.5. The number of nitriles is 1. The van der Waals surface area contributed by atoms with Gasteiger partial charge in [-0.2, -0.15) is 5.26 Å². The van der Waals surface area contributed by atoms with Gasteiger partial charge in [0.1, 0.15) is 17.4 Å². The standard InChI is InChI=1S/C19H15ClN2O4/c1-2-24-15-5-3-14(4-6-15)22-19(23)13(10-21)7-12-8-16(20)18-17(9-12)25-11-26-18/h3-9H,2,11H2,1H3,(H,22,23)/b13-7+. The maximum atomic E-state index is 12.4. The Hall–Kier alpha value is -3.17. The summed E-state index contributed by atoms with van der Waals surface area (Å²) in [7, 11) is 0. The number of fused-ring (bicyclic) bond motifs is 1. The highest BCUT2D eigenvalue weighted by Crippen LogP contribution is 2.40. The lowest BCUT2D eigenvalue weighted by atomic mass is 10.1. The number of nitrogens with zero attached hydrogens (tertiary/aromatic N) is 1. The Labute approximate surface area is 155 Å². The lowest BCUT2D eigenvalue weighted by Gasteiger charge is -2.07. The number of ether oxygens (including phenoxy) is 3. The van der Waals surface area contributed by atoms with Crippen LogP contribution in [0, 0.1) is 11.3 Å². The van der Waals surface area contributed by atoms with Crippen LogP contribution in [-0.4, -0.2) is 19.3 Å². The van der Waals surface area contributed by atoms with Crippen molar-refractivity contribution < 1.29 is 19.0 Å².